The first-order valence-electron chi connectivity index (χ1n) is 7.35. The second-order valence-electron chi connectivity index (χ2n) is 5.84. The number of fused-ring (bicyclic) bond motifs is 1. The van der Waals surface area contributed by atoms with Gasteiger partial charge in [-0.25, -0.2) is 0 Å². The van der Waals surface area contributed by atoms with Crippen molar-refractivity contribution in [3.05, 3.63) is 0 Å². The molecule has 0 aromatic heterocycles. The Hall–Kier alpha value is -1.10. The number of hydrogen-bond acceptors (Lipinski definition) is 3. The van der Waals surface area contributed by atoms with Crippen molar-refractivity contribution < 1.29 is 14.3 Å². The quantitative estimate of drug-likeness (QED) is 0.742. The molecule has 5 heteroatoms. The summed E-state index contributed by atoms with van der Waals surface area (Å²) < 4.78 is 5.48. The van der Waals surface area contributed by atoms with Gasteiger partial charge in [0.15, 0.2) is 0 Å². The number of methoxy groups -OCH3 is 1. The summed E-state index contributed by atoms with van der Waals surface area (Å²) in [5.74, 6) is 0.263. The van der Waals surface area contributed by atoms with Crippen molar-refractivity contribution in [2.45, 2.75) is 56.7 Å². The summed E-state index contributed by atoms with van der Waals surface area (Å²) in [6, 6.07) is -0.0985. The minimum atomic E-state index is -0.201. The van der Waals surface area contributed by atoms with E-state index >= 15 is 0 Å². The molecule has 3 unspecified atom stereocenters. The topological polar surface area (TPSA) is 49.9 Å². The summed E-state index contributed by atoms with van der Waals surface area (Å²) >= 11 is 0. The molecule has 5 nitrogen and oxygen atoms in total. The number of rotatable bonds is 2. The van der Waals surface area contributed by atoms with Gasteiger partial charge >= 0.3 is 0 Å². The summed E-state index contributed by atoms with van der Waals surface area (Å²) in [7, 11) is 1.70. The van der Waals surface area contributed by atoms with Crippen molar-refractivity contribution >= 4 is 11.8 Å². The van der Waals surface area contributed by atoms with Gasteiger partial charge < -0.3 is 14.5 Å². The minimum absolute atomic E-state index is 0.102. The first-order valence-corrected chi connectivity index (χ1v) is 7.35. The van der Waals surface area contributed by atoms with Crippen LogP contribution in [0.25, 0.3) is 0 Å². The van der Waals surface area contributed by atoms with Gasteiger partial charge in [0, 0.05) is 13.7 Å². The highest BCUT2D eigenvalue weighted by Gasteiger charge is 2.45. The number of nitrogens with zero attached hydrogens (tertiary/aromatic N) is 2. The first-order chi connectivity index (χ1) is 9.22. The highest BCUT2D eigenvalue weighted by molar-refractivity contribution is 5.95. The monoisotopic (exact) mass is 266 g/mol. The lowest BCUT2D eigenvalue weighted by Crippen LogP contribution is -2.64. The van der Waals surface area contributed by atoms with Crippen molar-refractivity contribution in [3.8, 4) is 0 Å². The van der Waals surface area contributed by atoms with Crippen LogP contribution in [0, 0.1) is 0 Å². The largest absolute Gasteiger partial charge is 0.379 e. The fourth-order valence-corrected chi connectivity index (χ4v) is 3.81. The molecule has 0 aromatic rings. The van der Waals surface area contributed by atoms with Crippen molar-refractivity contribution in [1.82, 2.24) is 9.80 Å². The van der Waals surface area contributed by atoms with E-state index in [1.807, 2.05) is 0 Å². The Bertz CT molecular complexity index is 385. The number of piperazine rings is 1. The molecule has 1 saturated carbocycles. The van der Waals surface area contributed by atoms with Gasteiger partial charge in [-0.05, 0) is 38.5 Å². The van der Waals surface area contributed by atoms with Crippen molar-refractivity contribution in [2.75, 3.05) is 20.2 Å². The van der Waals surface area contributed by atoms with Crippen LogP contribution in [0.15, 0.2) is 0 Å². The van der Waals surface area contributed by atoms with Gasteiger partial charge in [0.1, 0.15) is 12.6 Å². The number of hydrogen-bond donors (Lipinski definition) is 0. The molecule has 0 spiro atoms. The number of ether oxygens (including phenoxy) is 1. The number of carbonyl (C=O) groups excluding carboxylic acids is 2. The molecule has 3 rings (SSSR count). The number of carbonyl (C=O) groups is 2. The zero-order valence-electron chi connectivity index (χ0n) is 11.5. The lowest BCUT2D eigenvalue weighted by atomic mass is 9.97. The van der Waals surface area contributed by atoms with E-state index in [0.29, 0.717) is 0 Å². The molecular weight excluding hydrogens is 244 g/mol. The fraction of sp³-hybridized carbons (Fsp3) is 0.857. The Kier molecular flexibility index (Phi) is 3.48. The lowest BCUT2D eigenvalue weighted by Gasteiger charge is -2.45. The molecule has 1 aliphatic carbocycles. The zero-order valence-corrected chi connectivity index (χ0v) is 11.5. The summed E-state index contributed by atoms with van der Waals surface area (Å²) in [5.41, 5.74) is 0. The number of amides is 2. The SMILES string of the molecule is COC1CCCC1N1CC(=O)N2CCCCC2C1=O. The summed E-state index contributed by atoms with van der Waals surface area (Å²) in [5, 5.41) is 0. The minimum Gasteiger partial charge on any atom is -0.379 e. The van der Waals surface area contributed by atoms with E-state index in [0.717, 1.165) is 45.1 Å². The maximum Gasteiger partial charge on any atom is 0.246 e. The van der Waals surface area contributed by atoms with Gasteiger partial charge in [-0.1, -0.05) is 0 Å². The molecule has 19 heavy (non-hydrogen) atoms. The summed E-state index contributed by atoms with van der Waals surface area (Å²) in [6.07, 6.45) is 6.04. The molecule has 3 aliphatic rings. The van der Waals surface area contributed by atoms with Crippen LogP contribution < -0.4 is 0 Å². The van der Waals surface area contributed by atoms with E-state index in [4.69, 9.17) is 4.74 Å². The van der Waals surface area contributed by atoms with Crippen LogP contribution in [0.3, 0.4) is 0 Å². The Morgan fingerprint density at radius 3 is 2.68 bits per heavy atom. The van der Waals surface area contributed by atoms with Crippen molar-refractivity contribution in [1.29, 1.82) is 0 Å². The zero-order chi connectivity index (χ0) is 13.4. The Labute approximate surface area is 113 Å². The molecule has 106 valence electrons. The summed E-state index contributed by atoms with van der Waals surface area (Å²) in [6.45, 7) is 1.00. The predicted molar refractivity (Wildman–Crippen MR) is 69.5 cm³/mol. The average Bonchev–Trinajstić information content (AvgIpc) is 2.91. The van der Waals surface area contributed by atoms with Gasteiger partial charge in [-0.2, -0.15) is 0 Å². The molecule has 2 aliphatic heterocycles. The van der Waals surface area contributed by atoms with E-state index < -0.39 is 0 Å². The smallest absolute Gasteiger partial charge is 0.246 e. The fourth-order valence-electron chi connectivity index (χ4n) is 3.81. The Balaban J connectivity index is 1.79. The second-order valence-corrected chi connectivity index (χ2v) is 5.84. The maximum absolute atomic E-state index is 12.6. The van der Waals surface area contributed by atoms with Crippen LogP contribution in [0.2, 0.25) is 0 Å². The third kappa shape index (κ3) is 2.14. The molecule has 2 amide bonds. The average molecular weight is 266 g/mol. The van der Waals surface area contributed by atoms with Crippen LogP contribution in [-0.2, 0) is 14.3 Å². The van der Waals surface area contributed by atoms with Crippen LogP contribution >= 0.6 is 0 Å². The maximum atomic E-state index is 12.6. The van der Waals surface area contributed by atoms with Gasteiger partial charge in [0.05, 0.1) is 12.1 Å². The van der Waals surface area contributed by atoms with Crippen LogP contribution in [0.5, 0.6) is 0 Å². The predicted octanol–water partition coefficient (Wildman–Crippen LogP) is 0.777. The van der Waals surface area contributed by atoms with Crippen molar-refractivity contribution in [3.63, 3.8) is 0 Å². The molecule has 0 bridgehead atoms. The third-order valence-electron chi connectivity index (χ3n) is 4.82. The highest BCUT2D eigenvalue weighted by atomic mass is 16.5. The van der Waals surface area contributed by atoms with Gasteiger partial charge in [-0.3, -0.25) is 9.59 Å². The molecular formula is C14H22N2O3. The Morgan fingerprint density at radius 1 is 1.05 bits per heavy atom. The Morgan fingerprint density at radius 2 is 1.89 bits per heavy atom. The normalized spacial score (nSPS) is 35.7. The van der Waals surface area contributed by atoms with Gasteiger partial charge in [0.25, 0.3) is 0 Å². The van der Waals surface area contributed by atoms with E-state index in [-0.39, 0.29) is 36.5 Å². The molecule has 3 fully saturated rings. The second kappa shape index (κ2) is 5.12. The lowest BCUT2D eigenvalue weighted by molar-refractivity contribution is -0.162. The van der Waals surface area contributed by atoms with Crippen LogP contribution in [0.1, 0.15) is 38.5 Å². The molecule has 2 saturated heterocycles. The molecule has 0 aromatic carbocycles. The van der Waals surface area contributed by atoms with Crippen molar-refractivity contribution in [2.24, 2.45) is 0 Å². The van der Waals surface area contributed by atoms with E-state index in [1.165, 1.54) is 0 Å². The third-order valence-corrected chi connectivity index (χ3v) is 4.82. The molecule has 0 radical (unpaired) electrons. The van der Waals surface area contributed by atoms with E-state index in [2.05, 4.69) is 0 Å². The summed E-state index contributed by atoms with van der Waals surface area (Å²) in [4.78, 5) is 28.5. The standard InChI is InChI=1S/C14H22N2O3/c1-19-12-7-4-6-10(12)16-9-13(17)15-8-3-2-5-11(15)14(16)18/h10-12H,2-9H2,1H3. The van der Waals surface area contributed by atoms with Crippen LogP contribution in [0.4, 0.5) is 0 Å². The molecule has 3 atom stereocenters. The highest BCUT2D eigenvalue weighted by Crippen LogP contribution is 2.31. The first kappa shape index (κ1) is 12.9. The van der Waals surface area contributed by atoms with E-state index in [9.17, 15) is 9.59 Å². The van der Waals surface area contributed by atoms with E-state index in [1.54, 1.807) is 16.9 Å². The van der Waals surface area contributed by atoms with Gasteiger partial charge in [0.2, 0.25) is 11.8 Å². The van der Waals surface area contributed by atoms with Crippen LogP contribution in [-0.4, -0.2) is 60.0 Å². The molecule has 2 heterocycles. The molecule has 0 N–H and O–H groups in total. The van der Waals surface area contributed by atoms with Gasteiger partial charge in [-0.15, -0.1) is 0 Å². The number of piperidine rings is 1.